The summed E-state index contributed by atoms with van der Waals surface area (Å²) in [5, 5.41) is 3.69. The SMILES string of the molecule is CO[C@@H]1C=CC[C@@H](CO[Si](c2ccccc2)(c2ccccc2)c2ccccc2)O1. The Bertz CT molecular complexity index is 816. The molecule has 3 aromatic rings. The fraction of sp³-hybridized carbons (Fsp3) is 0.200. The van der Waals surface area contributed by atoms with Gasteiger partial charge in [0.05, 0.1) is 12.7 Å². The van der Waals surface area contributed by atoms with Crippen LogP contribution in [0.2, 0.25) is 0 Å². The second-order valence-electron chi connectivity index (χ2n) is 7.12. The van der Waals surface area contributed by atoms with Crippen LogP contribution in [0.15, 0.2) is 103 Å². The Morgan fingerprint density at radius 2 is 1.28 bits per heavy atom. The number of methoxy groups -OCH3 is 1. The number of ether oxygens (including phenoxy) is 2. The Morgan fingerprint density at radius 3 is 1.72 bits per heavy atom. The highest BCUT2D eigenvalue weighted by Gasteiger charge is 2.42. The van der Waals surface area contributed by atoms with Crippen LogP contribution in [-0.4, -0.2) is 34.4 Å². The molecule has 0 saturated heterocycles. The first-order valence-electron chi connectivity index (χ1n) is 9.98. The third kappa shape index (κ3) is 4.26. The van der Waals surface area contributed by atoms with E-state index >= 15 is 0 Å². The van der Waals surface area contributed by atoms with Crippen molar-refractivity contribution in [1.82, 2.24) is 0 Å². The first-order chi connectivity index (χ1) is 14.3. The zero-order valence-corrected chi connectivity index (χ0v) is 17.6. The molecule has 0 radical (unpaired) electrons. The molecule has 0 aromatic heterocycles. The van der Waals surface area contributed by atoms with Gasteiger partial charge in [-0.3, -0.25) is 0 Å². The van der Waals surface area contributed by atoms with Crippen LogP contribution in [-0.2, 0) is 13.9 Å². The lowest BCUT2D eigenvalue weighted by Crippen LogP contribution is -2.69. The molecule has 4 heteroatoms. The van der Waals surface area contributed by atoms with Gasteiger partial charge in [-0.2, -0.15) is 0 Å². The maximum Gasteiger partial charge on any atom is 0.288 e. The molecule has 148 valence electrons. The van der Waals surface area contributed by atoms with E-state index < -0.39 is 8.32 Å². The molecule has 1 aliphatic heterocycles. The summed E-state index contributed by atoms with van der Waals surface area (Å²) < 4.78 is 18.3. The maximum absolute atomic E-state index is 6.94. The molecule has 3 aromatic carbocycles. The van der Waals surface area contributed by atoms with Gasteiger partial charge in [-0.05, 0) is 28.1 Å². The molecular weight excluding hydrogens is 376 g/mol. The van der Waals surface area contributed by atoms with E-state index in [-0.39, 0.29) is 12.4 Å². The van der Waals surface area contributed by atoms with Gasteiger partial charge >= 0.3 is 0 Å². The quantitative estimate of drug-likeness (QED) is 0.345. The smallest absolute Gasteiger partial charge is 0.288 e. The Balaban J connectivity index is 1.77. The van der Waals surface area contributed by atoms with Crippen molar-refractivity contribution in [2.24, 2.45) is 0 Å². The average Bonchev–Trinajstić information content (AvgIpc) is 2.82. The van der Waals surface area contributed by atoms with Crippen LogP contribution in [0.3, 0.4) is 0 Å². The fourth-order valence-corrected chi connectivity index (χ4v) is 7.78. The lowest BCUT2D eigenvalue weighted by atomic mass is 10.2. The van der Waals surface area contributed by atoms with Crippen LogP contribution < -0.4 is 15.6 Å². The van der Waals surface area contributed by atoms with Gasteiger partial charge in [0.25, 0.3) is 8.32 Å². The largest absolute Gasteiger partial charge is 0.402 e. The van der Waals surface area contributed by atoms with Gasteiger partial charge in [0.1, 0.15) is 0 Å². The molecule has 3 nitrogen and oxygen atoms in total. The first kappa shape index (κ1) is 19.8. The number of benzene rings is 3. The van der Waals surface area contributed by atoms with E-state index in [2.05, 4.69) is 97.1 Å². The predicted molar refractivity (Wildman–Crippen MR) is 119 cm³/mol. The minimum Gasteiger partial charge on any atom is -0.402 e. The van der Waals surface area contributed by atoms with Crippen molar-refractivity contribution >= 4 is 23.9 Å². The lowest BCUT2D eigenvalue weighted by Gasteiger charge is -2.35. The van der Waals surface area contributed by atoms with Gasteiger partial charge in [-0.25, -0.2) is 0 Å². The second kappa shape index (κ2) is 9.33. The molecule has 29 heavy (non-hydrogen) atoms. The van der Waals surface area contributed by atoms with Gasteiger partial charge in [-0.1, -0.05) is 97.1 Å². The standard InChI is InChI=1S/C25H26O3Si/c1-26-25-19-11-12-21(28-25)20-27-29(22-13-5-2-6-14-22,23-15-7-3-8-16-23)24-17-9-4-10-18-24/h2-11,13-19,21,25H,12,20H2,1H3/t21-,25-/m0/s1. The molecule has 0 saturated carbocycles. The van der Waals surface area contributed by atoms with E-state index in [1.807, 2.05) is 6.08 Å². The molecule has 1 heterocycles. The van der Waals surface area contributed by atoms with E-state index in [9.17, 15) is 0 Å². The van der Waals surface area contributed by atoms with Crippen LogP contribution in [0, 0.1) is 0 Å². The van der Waals surface area contributed by atoms with Crippen molar-refractivity contribution in [3.63, 3.8) is 0 Å². The summed E-state index contributed by atoms with van der Waals surface area (Å²) >= 11 is 0. The highest BCUT2D eigenvalue weighted by atomic mass is 28.4. The minimum absolute atomic E-state index is 0.0343. The zero-order chi connectivity index (χ0) is 19.9. The van der Waals surface area contributed by atoms with Gasteiger partial charge in [-0.15, -0.1) is 0 Å². The second-order valence-corrected chi connectivity index (χ2v) is 10.5. The summed E-state index contributed by atoms with van der Waals surface area (Å²) in [6, 6.07) is 31.8. The highest BCUT2D eigenvalue weighted by molar-refractivity contribution is 7.07. The molecule has 0 amide bonds. The Hall–Kier alpha value is -2.50. The van der Waals surface area contributed by atoms with E-state index in [1.165, 1.54) is 15.6 Å². The van der Waals surface area contributed by atoms with Crippen LogP contribution in [0.5, 0.6) is 0 Å². The molecule has 0 bridgehead atoms. The molecule has 0 spiro atoms. The van der Waals surface area contributed by atoms with Crippen LogP contribution in [0.4, 0.5) is 0 Å². The normalized spacial score (nSPS) is 19.2. The summed E-state index contributed by atoms with van der Waals surface area (Å²) in [6.07, 6.45) is 4.55. The van der Waals surface area contributed by atoms with Gasteiger partial charge in [0.2, 0.25) is 0 Å². The molecular formula is C25H26O3Si. The van der Waals surface area contributed by atoms with Crippen LogP contribution in [0.25, 0.3) is 0 Å². The third-order valence-corrected chi connectivity index (χ3v) is 9.32. The Morgan fingerprint density at radius 1 is 0.793 bits per heavy atom. The van der Waals surface area contributed by atoms with Crippen molar-refractivity contribution < 1.29 is 13.9 Å². The number of rotatable bonds is 7. The Kier molecular flexibility index (Phi) is 6.37. The van der Waals surface area contributed by atoms with Crippen LogP contribution >= 0.6 is 0 Å². The molecule has 0 unspecified atom stereocenters. The lowest BCUT2D eigenvalue weighted by molar-refractivity contribution is -0.140. The monoisotopic (exact) mass is 402 g/mol. The van der Waals surface area contributed by atoms with Crippen molar-refractivity contribution in [3.05, 3.63) is 103 Å². The van der Waals surface area contributed by atoms with E-state index in [1.54, 1.807) is 7.11 Å². The Labute approximate surface area is 173 Å². The summed E-state index contributed by atoms with van der Waals surface area (Å²) in [4.78, 5) is 0. The van der Waals surface area contributed by atoms with Crippen LogP contribution in [0.1, 0.15) is 6.42 Å². The third-order valence-electron chi connectivity index (χ3n) is 5.28. The maximum atomic E-state index is 6.94. The average molecular weight is 403 g/mol. The van der Waals surface area contributed by atoms with Gasteiger partial charge in [0, 0.05) is 7.11 Å². The van der Waals surface area contributed by atoms with Crippen molar-refractivity contribution in [2.45, 2.75) is 18.8 Å². The van der Waals surface area contributed by atoms with Crippen molar-refractivity contribution in [1.29, 1.82) is 0 Å². The van der Waals surface area contributed by atoms with Gasteiger partial charge < -0.3 is 13.9 Å². The molecule has 0 fully saturated rings. The van der Waals surface area contributed by atoms with Crippen molar-refractivity contribution in [3.8, 4) is 0 Å². The molecule has 2 atom stereocenters. The summed E-state index contributed by atoms with van der Waals surface area (Å²) in [5.41, 5.74) is 0. The van der Waals surface area contributed by atoms with E-state index in [0.717, 1.165) is 6.42 Å². The molecule has 0 aliphatic carbocycles. The summed E-state index contributed by atoms with van der Waals surface area (Å²) in [6.45, 7) is 0.509. The van der Waals surface area contributed by atoms with Crippen molar-refractivity contribution in [2.75, 3.05) is 13.7 Å². The highest BCUT2D eigenvalue weighted by Crippen LogP contribution is 2.16. The van der Waals surface area contributed by atoms with E-state index in [0.29, 0.717) is 6.61 Å². The topological polar surface area (TPSA) is 27.7 Å². The van der Waals surface area contributed by atoms with E-state index in [4.69, 9.17) is 13.9 Å². The number of hydrogen-bond acceptors (Lipinski definition) is 3. The predicted octanol–water partition coefficient (Wildman–Crippen LogP) is 2.99. The molecule has 0 N–H and O–H groups in total. The molecule has 1 aliphatic rings. The summed E-state index contributed by atoms with van der Waals surface area (Å²) in [7, 11) is -1.02. The minimum atomic E-state index is -2.68. The molecule has 4 rings (SSSR count). The number of hydrogen-bond donors (Lipinski definition) is 0. The first-order valence-corrected chi connectivity index (χ1v) is 11.9. The zero-order valence-electron chi connectivity index (χ0n) is 16.6. The fourth-order valence-electron chi connectivity index (χ4n) is 3.86. The van der Waals surface area contributed by atoms with Gasteiger partial charge in [0.15, 0.2) is 6.29 Å². The summed E-state index contributed by atoms with van der Waals surface area (Å²) in [5.74, 6) is 0.